The molecule has 0 radical (unpaired) electrons. The maximum absolute atomic E-state index is 12.6. The summed E-state index contributed by atoms with van der Waals surface area (Å²) in [6, 6.07) is 14.7. The van der Waals surface area contributed by atoms with Crippen molar-refractivity contribution in [2.45, 2.75) is 36.1 Å². The van der Waals surface area contributed by atoms with E-state index in [4.69, 9.17) is 0 Å². The summed E-state index contributed by atoms with van der Waals surface area (Å²) in [5, 5.41) is 0. The molecule has 7 heteroatoms. The number of ketones is 1. The number of nitrogens with zero attached hydrogens (tertiary/aromatic N) is 1. The van der Waals surface area contributed by atoms with E-state index in [1.807, 2.05) is 0 Å². The quantitative estimate of drug-likeness (QED) is 0.508. The minimum atomic E-state index is -3.61. The highest BCUT2D eigenvalue weighted by molar-refractivity contribution is 7.98. The van der Waals surface area contributed by atoms with Crippen molar-refractivity contribution in [1.29, 1.82) is 0 Å². The van der Waals surface area contributed by atoms with Gasteiger partial charge in [-0.25, -0.2) is 13.1 Å². The van der Waals surface area contributed by atoms with Crippen LogP contribution in [0.5, 0.6) is 0 Å². The molecule has 3 rings (SSSR count). The summed E-state index contributed by atoms with van der Waals surface area (Å²) in [7, 11) is -3.61. The largest absolute Gasteiger partial charge is 0.299 e. The number of hydrogen-bond donors (Lipinski definition) is 1. The zero-order valence-electron chi connectivity index (χ0n) is 16.9. The Morgan fingerprint density at radius 1 is 1.14 bits per heavy atom. The second kappa shape index (κ2) is 9.89. The molecule has 0 saturated carbocycles. The Balaban J connectivity index is 1.52. The van der Waals surface area contributed by atoms with E-state index >= 15 is 0 Å². The van der Waals surface area contributed by atoms with Gasteiger partial charge in [0, 0.05) is 23.5 Å². The number of carbonyl (C=O) groups is 1. The van der Waals surface area contributed by atoms with Crippen LogP contribution in [0.2, 0.25) is 0 Å². The Kier molecular flexibility index (Phi) is 7.51. The second-order valence-corrected chi connectivity index (χ2v) is 10.1. The molecule has 0 aromatic heterocycles. The smallest absolute Gasteiger partial charge is 0.240 e. The van der Waals surface area contributed by atoms with Gasteiger partial charge in [0.15, 0.2) is 5.78 Å². The molecule has 0 unspecified atom stereocenters. The van der Waals surface area contributed by atoms with E-state index in [0.29, 0.717) is 18.0 Å². The number of hydrogen-bond acceptors (Lipinski definition) is 5. The van der Waals surface area contributed by atoms with Crippen LogP contribution in [0, 0.1) is 5.92 Å². The van der Waals surface area contributed by atoms with Gasteiger partial charge in [-0.2, -0.15) is 0 Å². The number of sulfonamides is 1. The number of Topliss-reactive ketones (excluding diaryl/α,β-unsaturated/α-hetero) is 1. The molecular weight excluding hydrogens is 404 g/mol. The topological polar surface area (TPSA) is 66.5 Å². The lowest BCUT2D eigenvalue weighted by Gasteiger charge is -2.32. The summed E-state index contributed by atoms with van der Waals surface area (Å²) in [5.74, 6) is 0.185. The van der Waals surface area contributed by atoms with Gasteiger partial charge in [-0.1, -0.05) is 30.3 Å². The monoisotopic (exact) mass is 432 g/mol. The van der Waals surface area contributed by atoms with Gasteiger partial charge in [-0.05, 0) is 68.8 Å². The van der Waals surface area contributed by atoms with E-state index in [2.05, 4.69) is 40.1 Å². The van der Waals surface area contributed by atoms with Gasteiger partial charge in [0.05, 0.1) is 4.90 Å². The van der Waals surface area contributed by atoms with Crippen LogP contribution in [0.1, 0.15) is 35.7 Å². The first kappa shape index (κ1) is 22.0. The highest BCUT2D eigenvalue weighted by atomic mass is 32.2. The number of piperidine rings is 1. The molecule has 5 nitrogen and oxygen atoms in total. The molecule has 1 fully saturated rings. The van der Waals surface area contributed by atoms with Crippen molar-refractivity contribution < 1.29 is 13.2 Å². The molecule has 0 spiro atoms. The molecule has 0 amide bonds. The number of nitrogens with one attached hydrogen (secondary N) is 1. The van der Waals surface area contributed by atoms with Crippen LogP contribution in [0.15, 0.2) is 58.3 Å². The fraction of sp³-hybridized carbons (Fsp3) is 0.409. The number of rotatable bonds is 8. The molecule has 1 saturated heterocycles. The van der Waals surface area contributed by atoms with Crippen molar-refractivity contribution in [3.63, 3.8) is 0 Å². The van der Waals surface area contributed by atoms with Crippen molar-refractivity contribution in [1.82, 2.24) is 9.62 Å². The van der Waals surface area contributed by atoms with Crippen LogP contribution in [0.25, 0.3) is 0 Å². The molecule has 2 aromatic carbocycles. The summed E-state index contributed by atoms with van der Waals surface area (Å²) in [6.45, 7) is 4.74. The van der Waals surface area contributed by atoms with E-state index in [1.54, 1.807) is 23.9 Å². The zero-order valence-corrected chi connectivity index (χ0v) is 18.6. The van der Waals surface area contributed by atoms with Crippen LogP contribution in [0.3, 0.4) is 0 Å². The van der Waals surface area contributed by atoms with Crippen molar-refractivity contribution in [2.24, 2.45) is 5.92 Å². The maximum Gasteiger partial charge on any atom is 0.240 e. The molecule has 1 aliphatic rings. The highest BCUT2D eigenvalue weighted by Crippen LogP contribution is 2.24. The van der Waals surface area contributed by atoms with E-state index < -0.39 is 10.0 Å². The Labute approximate surface area is 177 Å². The van der Waals surface area contributed by atoms with Crippen molar-refractivity contribution >= 4 is 27.6 Å². The third-order valence-corrected chi connectivity index (χ3v) is 7.67. The van der Waals surface area contributed by atoms with E-state index in [-0.39, 0.29) is 10.7 Å². The predicted octanol–water partition coefficient (Wildman–Crippen LogP) is 3.80. The lowest BCUT2D eigenvalue weighted by Crippen LogP contribution is -2.38. The Hall–Kier alpha value is -1.67. The van der Waals surface area contributed by atoms with Crippen molar-refractivity contribution in [2.75, 3.05) is 25.9 Å². The first-order valence-corrected chi connectivity index (χ1v) is 12.5. The average molecular weight is 433 g/mol. The van der Waals surface area contributed by atoms with Gasteiger partial charge in [0.1, 0.15) is 0 Å². The summed E-state index contributed by atoms with van der Waals surface area (Å²) in [6.07, 6.45) is 4.04. The molecular formula is C22H28N2O3S2. The molecule has 29 heavy (non-hydrogen) atoms. The average Bonchev–Trinajstić information content (AvgIpc) is 2.74. The van der Waals surface area contributed by atoms with Gasteiger partial charge < -0.3 is 0 Å². The Morgan fingerprint density at radius 3 is 2.55 bits per heavy atom. The normalized spacial score (nSPS) is 16.1. The molecule has 1 aliphatic heterocycles. The number of likely N-dealkylation sites (tertiary alicyclic amines) is 1. The summed E-state index contributed by atoms with van der Waals surface area (Å²) >= 11 is 1.77. The molecule has 0 atom stereocenters. The molecule has 2 aromatic rings. The summed E-state index contributed by atoms with van der Waals surface area (Å²) in [5.41, 5.74) is 1.76. The SMILES string of the molecule is CSc1ccccc1CN1CCC(CNS(=O)(=O)c2cccc(C(C)=O)c2)CC1. The summed E-state index contributed by atoms with van der Waals surface area (Å²) in [4.78, 5) is 15.4. The first-order valence-electron chi connectivity index (χ1n) is 9.84. The van der Waals surface area contributed by atoms with Gasteiger partial charge >= 0.3 is 0 Å². The van der Waals surface area contributed by atoms with Crippen LogP contribution in [-0.2, 0) is 16.6 Å². The molecule has 1 N–H and O–H groups in total. The van der Waals surface area contributed by atoms with Crippen LogP contribution in [0.4, 0.5) is 0 Å². The van der Waals surface area contributed by atoms with E-state index in [9.17, 15) is 13.2 Å². The standard InChI is InChI=1S/C22H28N2O3S2/c1-17(25)19-7-5-8-21(14-19)29(26,27)23-15-18-10-12-24(13-11-18)16-20-6-3-4-9-22(20)28-2/h3-9,14,18,23H,10-13,15-16H2,1-2H3. The molecule has 1 heterocycles. The lowest BCUT2D eigenvalue weighted by atomic mass is 9.97. The second-order valence-electron chi connectivity index (χ2n) is 7.47. The Morgan fingerprint density at radius 2 is 1.86 bits per heavy atom. The predicted molar refractivity (Wildman–Crippen MR) is 118 cm³/mol. The number of carbonyl (C=O) groups excluding carboxylic acids is 1. The number of thioether (sulfide) groups is 1. The molecule has 0 bridgehead atoms. The van der Waals surface area contributed by atoms with Gasteiger partial charge in [0.2, 0.25) is 10.0 Å². The molecule has 156 valence electrons. The molecule has 0 aliphatic carbocycles. The van der Waals surface area contributed by atoms with Crippen molar-refractivity contribution in [3.05, 3.63) is 59.7 Å². The fourth-order valence-electron chi connectivity index (χ4n) is 3.62. The first-order chi connectivity index (χ1) is 13.9. The summed E-state index contributed by atoms with van der Waals surface area (Å²) < 4.78 is 27.9. The van der Waals surface area contributed by atoms with Crippen LogP contribution in [-0.4, -0.2) is 45.0 Å². The third kappa shape index (κ3) is 5.92. The minimum absolute atomic E-state index is 0.141. The lowest BCUT2D eigenvalue weighted by molar-refractivity contribution is 0.101. The van der Waals surface area contributed by atoms with Gasteiger partial charge in [0.25, 0.3) is 0 Å². The van der Waals surface area contributed by atoms with Crippen LogP contribution >= 0.6 is 11.8 Å². The van der Waals surface area contributed by atoms with Gasteiger partial charge in [-0.3, -0.25) is 9.69 Å². The van der Waals surface area contributed by atoms with Crippen molar-refractivity contribution in [3.8, 4) is 0 Å². The highest BCUT2D eigenvalue weighted by Gasteiger charge is 2.22. The van der Waals surface area contributed by atoms with Crippen LogP contribution < -0.4 is 4.72 Å². The fourth-order valence-corrected chi connectivity index (χ4v) is 5.39. The minimum Gasteiger partial charge on any atom is -0.299 e. The maximum atomic E-state index is 12.6. The van der Waals surface area contributed by atoms with E-state index in [1.165, 1.54) is 29.5 Å². The third-order valence-electron chi connectivity index (χ3n) is 5.41. The van der Waals surface area contributed by atoms with E-state index in [0.717, 1.165) is 32.5 Å². The van der Waals surface area contributed by atoms with Gasteiger partial charge in [-0.15, -0.1) is 11.8 Å². The zero-order chi connectivity index (χ0) is 20.9. The number of benzene rings is 2. The Bertz CT molecular complexity index is 952.